The molecule has 0 bridgehead atoms. The molecule has 1 amide bonds. The zero-order chi connectivity index (χ0) is 17.6. The molecule has 0 saturated carbocycles. The molecular weight excluding hydrogens is 334 g/mol. The maximum atomic E-state index is 12.1. The zero-order valence-electron chi connectivity index (χ0n) is 14.1. The van der Waals surface area contributed by atoms with Gasteiger partial charge < -0.3 is 9.73 Å². The van der Waals surface area contributed by atoms with Gasteiger partial charge >= 0.3 is 0 Å². The van der Waals surface area contributed by atoms with Crippen LogP contribution in [0.15, 0.2) is 64.2 Å². The van der Waals surface area contributed by atoms with E-state index in [1.807, 2.05) is 48.5 Å². The maximum Gasteiger partial charge on any atom is 0.277 e. The molecular formula is C19H19N3O2S. The molecule has 0 aliphatic carbocycles. The lowest BCUT2D eigenvalue weighted by atomic mass is 10.0. The number of rotatable bonds is 6. The number of nitrogens with zero attached hydrogens (tertiary/aromatic N) is 2. The van der Waals surface area contributed by atoms with Crippen LogP contribution < -0.4 is 5.32 Å². The van der Waals surface area contributed by atoms with Crippen LogP contribution in [0.1, 0.15) is 25.3 Å². The summed E-state index contributed by atoms with van der Waals surface area (Å²) in [5.41, 5.74) is 2.85. The molecule has 1 heterocycles. The summed E-state index contributed by atoms with van der Waals surface area (Å²) in [5, 5.41) is 11.3. The van der Waals surface area contributed by atoms with Crippen LogP contribution in [0, 0.1) is 0 Å². The second kappa shape index (κ2) is 7.98. The first-order valence-electron chi connectivity index (χ1n) is 8.03. The predicted octanol–water partition coefficient (Wildman–Crippen LogP) is 4.59. The van der Waals surface area contributed by atoms with Gasteiger partial charge in [-0.25, -0.2) is 0 Å². The van der Waals surface area contributed by atoms with Gasteiger partial charge in [0, 0.05) is 11.3 Å². The Hall–Kier alpha value is -2.60. The molecule has 1 aromatic heterocycles. The van der Waals surface area contributed by atoms with Gasteiger partial charge in [0.1, 0.15) is 0 Å². The lowest BCUT2D eigenvalue weighted by molar-refractivity contribution is -0.113. The predicted molar refractivity (Wildman–Crippen MR) is 99.6 cm³/mol. The fraction of sp³-hybridized carbons (Fsp3) is 0.211. The van der Waals surface area contributed by atoms with Crippen LogP contribution in [0.25, 0.3) is 11.5 Å². The Morgan fingerprint density at radius 1 is 1.12 bits per heavy atom. The van der Waals surface area contributed by atoms with E-state index in [0.29, 0.717) is 17.0 Å². The topological polar surface area (TPSA) is 68.0 Å². The highest BCUT2D eigenvalue weighted by Crippen LogP contribution is 2.23. The Labute approximate surface area is 150 Å². The van der Waals surface area contributed by atoms with Crippen LogP contribution in [-0.4, -0.2) is 21.9 Å². The molecule has 25 heavy (non-hydrogen) atoms. The first kappa shape index (κ1) is 17.2. The normalized spacial score (nSPS) is 10.8. The molecule has 0 atom stereocenters. The molecule has 0 aliphatic heterocycles. The number of carbonyl (C=O) groups is 1. The Bertz CT molecular complexity index is 847. The third kappa shape index (κ3) is 4.70. The van der Waals surface area contributed by atoms with Gasteiger partial charge in [0.2, 0.25) is 11.8 Å². The molecule has 0 unspecified atom stereocenters. The Kier molecular flexibility index (Phi) is 5.50. The summed E-state index contributed by atoms with van der Waals surface area (Å²) in [6.45, 7) is 4.24. The smallest absolute Gasteiger partial charge is 0.277 e. The minimum absolute atomic E-state index is 0.106. The van der Waals surface area contributed by atoms with E-state index in [4.69, 9.17) is 4.42 Å². The van der Waals surface area contributed by atoms with E-state index in [-0.39, 0.29) is 11.7 Å². The molecule has 0 fully saturated rings. The van der Waals surface area contributed by atoms with Crippen molar-refractivity contribution in [3.8, 4) is 11.5 Å². The van der Waals surface area contributed by atoms with Gasteiger partial charge in [-0.05, 0) is 35.7 Å². The average molecular weight is 353 g/mol. The first-order chi connectivity index (χ1) is 12.1. The van der Waals surface area contributed by atoms with Crippen LogP contribution in [0.5, 0.6) is 0 Å². The third-order valence-electron chi connectivity index (χ3n) is 3.59. The summed E-state index contributed by atoms with van der Waals surface area (Å²) in [5.74, 6) is 0.974. The number of carbonyl (C=O) groups excluding carboxylic acids is 1. The number of benzene rings is 2. The molecule has 6 heteroatoms. The van der Waals surface area contributed by atoms with Crippen molar-refractivity contribution in [2.24, 2.45) is 0 Å². The summed E-state index contributed by atoms with van der Waals surface area (Å²) >= 11 is 1.22. The number of nitrogens with one attached hydrogen (secondary N) is 1. The highest BCUT2D eigenvalue weighted by molar-refractivity contribution is 7.99. The van der Waals surface area contributed by atoms with Crippen molar-refractivity contribution in [2.75, 3.05) is 11.1 Å². The number of anilines is 1. The number of thioether (sulfide) groups is 1. The summed E-state index contributed by atoms with van der Waals surface area (Å²) in [7, 11) is 0. The summed E-state index contributed by atoms with van der Waals surface area (Å²) in [6, 6.07) is 17.4. The minimum atomic E-state index is -0.106. The third-order valence-corrected chi connectivity index (χ3v) is 4.41. The van der Waals surface area contributed by atoms with Gasteiger partial charge in [-0.1, -0.05) is 55.9 Å². The van der Waals surface area contributed by atoms with Crippen molar-refractivity contribution in [3.63, 3.8) is 0 Å². The molecule has 1 N–H and O–H groups in total. The molecule has 0 radical (unpaired) electrons. The van der Waals surface area contributed by atoms with Crippen LogP contribution in [0.2, 0.25) is 0 Å². The molecule has 3 aromatic rings. The standard InChI is InChI=1S/C19H19N3O2S/c1-13(2)15-9-6-10-16(11-15)20-17(23)12-25-19-22-21-18(24-19)14-7-4-3-5-8-14/h3-11,13H,12H2,1-2H3,(H,20,23). The Morgan fingerprint density at radius 2 is 1.92 bits per heavy atom. The van der Waals surface area contributed by atoms with Crippen LogP contribution >= 0.6 is 11.8 Å². The summed E-state index contributed by atoms with van der Waals surface area (Å²) < 4.78 is 5.58. The van der Waals surface area contributed by atoms with E-state index in [2.05, 4.69) is 35.4 Å². The van der Waals surface area contributed by atoms with E-state index < -0.39 is 0 Å². The van der Waals surface area contributed by atoms with Gasteiger partial charge in [0.15, 0.2) is 0 Å². The van der Waals surface area contributed by atoms with Crippen LogP contribution in [0.4, 0.5) is 5.69 Å². The largest absolute Gasteiger partial charge is 0.411 e. The zero-order valence-corrected chi connectivity index (χ0v) is 14.9. The first-order valence-corrected chi connectivity index (χ1v) is 9.02. The number of aromatic nitrogens is 2. The van der Waals surface area contributed by atoms with E-state index >= 15 is 0 Å². The lowest BCUT2D eigenvalue weighted by Gasteiger charge is -2.09. The fourth-order valence-corrected chi connectivity index (χ4v) is 2.83. The minimum Gasteiger partial charge on any atom is -0.411 e. The van der Waals surface area contributed by atoms with E-state index in [0.717, 1.165) is 11.3 Å². The van der Waals surface area contributed by atoms with Gasteiger partial charge in [0.25, 0.3) is 5.22 Å². The fourth-order valence-electron chi connectivity index (χ4n) is 2.27. The summed E-state index contributed by atoms with van der Waals surface area (Å²) in [6.07, 6.45) is 0. The van der Waals surface area contributed by atoms with Crippen LogP contribution in [0.3, 0.4) is 0 Å². The molecule has 3 rings (SSSR count). The molecule has 0 aliphatic rings. The van der Waals surface area contributed by atoms with Crippen molar-refractivity contribution in [1.82, 2.24) is 10.2 Å². The summed E-state index contributed by atoms with van der Waals surface area (Å²) in [4.78, 5) is 12.1. The van der Waals surface area contributed by atoms with E-state index in [9.17, 15) is 4.79 Å². The molecule has 5 nitrogen and oxygen atoms in total. The quantitative estimate of drug-likeness (QED) is 0.656. The second-order valence-electron chi connectivity index (χ2n) is 5.86. The van der Waals surface area contributed by atoms with Crippen molar-refractivity contribution >= 4 is 23.4 Å². The molecule has 0 saturated heterocycles. The molecule has 0 spiro atoms. The molecule has 128 valence electrons. The van der Waals surface area contributed by atoms with Gasteiger partial charge in [-0.3, -0.25) is 4.79 Å². The lowest BCUT2D eigenvalue weighted by Crippen LogP contribution is -2.14. The number of amides is 1. The van der Waals surface area contributed by atoms with Crippen molar-refractivity contribution < 1.29 is 9.21 Å². The average Bonchev–Trinajstić information content (AvgIpc) is 3.10. The van der Waals surface area contributed by atoms with Gasteiger partial charge in [-0.2, -0.15) is 0 Å². The highest BCUT2D eigenvalue weighted by Gasteiger charge is 2.11. The highest BCUT2D eigenvalue weighted by atomic mass is 32.2. The Morgan fingerprint density at radius 3 is 2.68 bits per heavy atom. The monoisotopic (exact) mass is 353 g/mol. The van der Waals surface area contributed by atoms with Gasteiger partial charge in [0.05, 0.1) is 5.75 Å². The maximum absolute atomic E-state index is 12.1. The van der Waals surface area contributed by atoms with Crippen molar-refractivity contribution in [3.05, 3.63) is 60.2 Å². The van der Waals surface area contributed by atoms with Crippen molar-refractivity contribution in [2.45, 2.75) is 25.0 Å². The SMILES string of the molecule is CC(C)c1cccc(NC(=O)CSc2nnc(-c3ccccc3)o2)c1. The van der Waals surface area contributed by atoms with E-state index in [1.54, 1.807) is 0 Å². The van der Waals surface area contributed by atoms with E-state index in [1.165, 1.54) is 17.3 Å². The molecule has 2 aromatic carbocycles. The number of hydrogen-bond acceptors (Lipinski definition) is 5. The Balaban J connectivity index is 1.56. The second-order valence-corrected chi connectivity index (χ2v) is 6.78. The van der Waals surface area contributed by atoms with Crippen molar-refractivity contribution in [1.29, 1.82) is 0 Å². The van der Waals surface area contributed by atoms with Crippen LogP contribution in [-0.2, 0) is 4.79 Å². The number of hydrogen-bond donors (Lipinski definition) is 1. The van der Waals surface area contributed by atoms with Gasteiger partial charge in [-0.15, -0.1) is 10.2 Å².